The fraction of sp³-hybridized carbons (Fsp3) is 0.500. The number of amides is 1. The summed E-state index contributed by atoms with van der Waals surface area (Å²) in [7, 11) is 0. The van der Waals surface area contributed by atoms with E-state index in [1.807, 2.05) is 5.38 Å². The Morgan fingerprint density at radius 2 is 2.33 bits per heavy atom. The van der Waals surface area contributed by atoms with E-state index in [-0.39, 0.29) is 11.5 Å². The summed E-state index contributed by atoms with van der Waals surface area (Å²) >= 11 is 2.91. The van der Waals surface area contributed by atoms with Gasteiger partial charge in [0.15, 0.2) is 4.96 Å². The van der Waals surface area contributed by atoms with Crippen molar-refractivity contribution >= 4 is 34.0 Å². The molecular weight excluding hydrogens is 306 g/mol. The number of fused-ring (bicyclic) bond motifs is 1. The number of nitrogens with zero attached hydrogens (tertiary/aromatic N) is 2. The maximum atomic E-state index is 11.8. The lowest BCUT2D eigenvalue weighted by molar-refractivity contribution is -0.118. The van der Waals surface area contributed by atoms with Gasteiger partial charge in [-0.2, -0.15) is 0 Å². The van der Waals surface area contributed by atoms with Crippen molar-refractivity contribution in [1.82, 2.24) is 14.7 Å². The fourth-order valence-electron chi connectivity index (χ4n) is 1.86. The first kappa shape index (κ1) is 16.0. The third-order valence-electron chi connectivity index (χ3n) is 2.94. The van der Waals surface area contributed by atoms with Gasteiger partial charge in [0, 0.05) is 29.9 Å². The SMILES string of the molecule is CCCCCNC(=O)CSCc1cc(=O)n2ccsc2n1. The summed E-state index contributed by atoms with van der Waals surface area (Å²) in [6.07, 6.45) is 5.04. The molecule has 0 radical (unpaired) electrons. The molecule has 0 saturated carbocycles. The minimum absolute atomic E-state index is 0.0463. The number of unbranched alkanes of at least 4 members (excludes halogenated alkanes) is 2. The quantitative estimate of drug-likeness (QED) is 0.757. The monoisotopic (exact) mass is 325 g/mol. The molecule has 0 unspecified atom stereocenters. The normalized spacial score (nSPS) is 10.9. The van der Waals surface area contributed by atoms with Gasteiger partial charge in [-0.3, -0.25) is 14.0 Å². The smallest absolute Gasteiger partial charge is 0.258 e. The van der Waals surface area contributed by atoms with E-state index in [4.69, 9.17) is 0 Å². The molecule has 1 N–H and O–H groups in total. The van der Waals surface area contributed by atoms with Crippen LogP contribution in [0.25, 0.3) is 4.96 Å². The molecule has 0 aliphatic heterocycles. The van der Waals surface area contributed by atoms with E-state index in [1.165, 1.54) is 33.6 Å². The zero-order valence-electron chi connectivity index (χ0n) is 12.0. The van der Waals surface area contributed by atoms with Gasteiger partial charge in [0.05, 0.1) is 11.4 Å². The molecule has 0 bridgehead atoms. The first-order chi connectivity index (χ1) is 10.2. The first-order valence-electron chi connectivity index (χ1n) is 7.01. The van der Waals surface area contributed by atoms with Crippen LogP contribution >= 0.6 is 23.1 Å². The minimum Gasteiger partial charge on any atom is -0.355 e. The van der Waals surface area contributed by atoms with E-state index in [9.17, 15) is 9.59 Å². The maximum absolute atomic E-state index is 11.8. The standard InChI is InChI=1S/C14H19N3O2S2/c1-2-3-4-5-15-12(18)10-20-9-11-8-13(19)17-6-7-21-14(17)16-11/h6-8H,2-5,9-10H2,1H3,(H,15,18). The molecule has 2 aromatic heterocycles. The highest BCUT2D eigenvalue weighted by Crippen LogP contribution is 2.12. The third-order valence-corrected chi connectivity index (χ3v) is 4.66. The second-order valence-corrected chi connectivity index (χ2v) is 6.55. The van der Waals surface area contributed by atoms with Crippen LogP contribution in [0.4, 0.5) is 0 Å². The number of rotatable bonds is 8. The van der Waals surface area contributed by atoms with Gasteiger partial charge in [-0.1, -0.05) is 19.8 Å². The van der Waals surface area contributed by atoms with Crippen LogP contribution in [0, 0.1) is 0 Å². The van der Waals surface area contributed by atoms with Crippen LogP contribution in [0.1, 0.15) is 31.9 Å². The van der Waals surface area contributed by atoms with Gasteiger partial charge in [-0.25, -0.2) is 4.98 Å². The number of nitrogens with one attached hydrogen (secondary N) is 1. The Hall–Kier alpha value is -1.34. The second kappa shape index (κ2) is 8.19. The molecule has 114 valence electrons. The number of hydrogen-bond donors (Lipinski definition) is 1. The molecule has 21 heavy (non-hydrogen) atoms. The van der Waals surface area contributed by atoms with Crippen molar-refractivity contribution in [1.29, 1.82) is 0 Å². The molecule has 0 aliphatic rings. The highest BCUT2D eigenvalue weighted by atomic mass is 32.2. The zero-order valence-corrected chi connectivity index (χ0v) is 13.6. The molecule has 0 saturated heterocycles. The van der Waals surface area contributed by atoms with E-state index in [2.05, 4.69) is 17.2 Å². The van der Waals surface area contributed by atoms with Gasteiger partial charge in [0.1, 0.15) is 0 Å². The van der Waals surface area contributed by atoms with Gasteiger partial charge in [-0.05, 0) is 6.42 Å². The second-order valence-electron chi connectivity index (χ2n) is 4.69. The van der Waals surface area contributed by atoms with Gasteiger partial charge in [0.25, 0.3) is 5.56 Å². The van der Waals surface area contributed by atoms with Gasteiger partial charge >= 0.3 is 0 Å². The number of aromatic nitrogens is 2. The predicted molar refractivity (Wildman–Crippen MR) is 88.0 cm³/mol. The van der Waals surface area contributed by atoms with Crippen molar-refractivity contribution in [3.8, 4) is 0 Å². The van der Waals surface area contributed by atoms with Crippen LogP contribution in [0.3, 0.4) is 0 Å². The molecule has 0 spiro atoms. The van der Waals surface area contributed by atoms with Crippen LogP contribution in [-0.2, 0) is 10.5 Å². The third kappa shape index (κ3) is 4.86. The summed E-state index contributed by atoms with van der Waals surface area (Å²) in [5.41, 5.74) is 0.659. The number of carbonyl (C=O) groups excluding carboxylic acids is 1. The molecule has 2 rings (SSSR count). The lowest BCUT2D eigenvalue weighted by Gasteiger charge is -2.04. The van der Waals surface area contributed by atoms with Crippen molar-refractivity contribution in [3.05, 3.63) is 33.7 Å². The molecule has 0 fully saturated rings. The van der Waals surface area contributed by atoms with Crippen LogP contribution in [0.15, 0.2) is 22.4 Å². The van der Waals surface area contributed by atoms with Crippen LogP contribution in [0.2, 0.25) is 0 Å². The summed E-state index contributed by atoms with van der Waals surface area (Å²) in [4.78, 5) is 28.5. The van der Waals surface area contributed by atoms with Crippen molar-refractivity contribution in [2.75, 3.05) is 12.3 Å². The van der Waals surface area contributed by atoms with Crippen molar-refractivity contribution in [2.24, 2.45) is 0 Å². The average molecular weight is 325 g/mol. The molecule has 2 aromatic rings. The summed E-state index contributed by atoms with van der Waals surface area (Å²) in [5.74, 6) is 1.02. The van der Waals surface area contributed by atoms with Gasteiger partial charge < -0.3 is 5.32 Å². The molecule has 7 heteroatoms. The molecule has 0 aliphatic carbocycles. The van der Waals surface area contributed by atoms with E-state index in [0.29, 0.717) is 16.5 Å². The van der Waals surface area contributed by atoms with E-state index in [1.54, 1.807) is 6.20 Å². The van der Waals surface area contributed by atoms with Crippen molar-refractivity contribution in [3.63, 3.8) is 0 Å². The highest BCUT2D eigenvalue weighted by Gasteiger charge is 2.05. The largest absolute Gasteiger partial charge is 0.355 e. The lowest BCUT2D eigenvalue weighted by Crippen LogP contribution is -2.26. The maximum Gasteiger partial charge on any atom is 0.258 e. The van der Waals surface area contributed by atoms with Gasteiger partial charge in [-0.15, -0.1) is 23.1 Å². The minimum atomic E-state index is -0.0686. The topological polar surface area (TPSA) is 63.5 Å². The molecule has 0 aromatic carbocycles. The average Bonchev–Trinajstić information content (AvgIpc) is 2.92. The molecule has 1 amide bonds. The number of thioether (sulfide) groups is 1. The van der Waals surface area contributed by atoms with Crippen molar-refractivity contribution < 1.29 is 4.79 Å². The predicted octanol–water partition coefficient (Wildman–Crippen LogP) is 2.30. The summed E-state index contributed by atoms with van der Waals surface area (Å²) in [6, 6.07) is 1.53. The van der Waals surface area contributed by atoms with Crippen molar-refractivity contribution in [2.45, 2.75) is 31.9 Å². The van der Waals surface area contributed by atoms with Gasteiger partial charge in [0.2, 0.25) is 5.91 Å². The Balaban J connectivity index is 1.77. The number of carbonyl (C=O) groups is 1. The Bertz CT molecular complexity index is 651. The van der Waals surface area contributed by atoms with Crippen LogP contribution in [-0.4, -0.2) is 27.6 Å². The number of hydrogen-bond acceptors (Lipinski definition) is 5. The molecule has 0 atom stereocenters. The number of thiazole rings is 1. The van der Waals surface area contributed by atoms with E-state index < -0.39 is 0 Å². The molecule has 5 nitrogen and oxygen atoms in total. The molecule has 2 heterocycles. The first-order valence-corrected chi connectivity index (χ1v) is 9.04. The lowest BCUT2D eigenvalue weighted by atomic mass is 10.2. The summed E-state index contributed by atoms with van der Waals surface area (Å²) in [6.45, 7) is 2.88. The summed E-state index contributed by atoms with van der Waals surface area (Å²) < 4.78 is 1.53. The highest BCUT2D eigenvalue weighted by molar-refractivity contribution is 7.99. The van der Waals surface area contributed by atoms with E-state index >= 15 is 0 Å². The summed E-state index contributed by atoms with van der Waals surface area (Å²) in [5, 5.41) is 4.73. The van der Waals surface area contributed by atoms with Crippen LogP contribution in [0.5, 0.6) is 0 Å². The zero-order chi connectivity index (χ0) is 15.1. The van der Waals surface area contributed by atoms with E-state index in [0.717, 1.165) is 31.5 Å². The Morgan fingerprint density at radius 3 is 3.14 bits per heavy atom. The Kier molecular flexibility index (Phi) is 6.25. The Morgan fingerprint density at radius 1 is 1.48 bits per heavy atom. The Labute approximate surface area is 131 Å². The molecular formula is C14H19N3O2S2. The van der Waals surface area contributed by atoms with Crippen LogP contribution < -0.4 is 10.9 Å². The fourth-order valence-corrected chi connectivity index (χ4v) is 3.35.